The summed E-state index contributed by atoms with van der Waals surface area (Å²) in [7, 11) is 0. The van der Waals surface area contributed by atoms with Crippen molar-refractivity contribution in [2.45, 2.75) is 31.0 Å². The van der Waals surface area contributed by atoms with Crippen molar-refractivity contribution in [3.8, 4) is 40.1 Å². The van der Waals surface area contributed by atoms with E-state index in [0.29, 0.717) is 0 Å². The Morgan fingerprint density at radius 1 is 0.969 bits per heavy atom. The second-order valence-corrected chi connectivity index (χ2v) is 7.34. The molecule has 7 N–H and O–H groups in total. The molecule has 1 aliphatic heterocycles. The van der Waals surface area contributed by atoms with Crippen LogP contribution in [0, 0.1) is 0 Å². The molecular formula is C21H20O11. The third kappa shape index (κ3) is 3.78. The van der Waals surface area contributed by atoms with Crippen LogP contribution < -0.4 is 10.2 Å². The molecule has 1 aliphatic rings. The Bertz CT molecular complexity index is 1220. The fourth-order valence-electron chi connectivity index (χ4n) is 3.48. The van der Waals surface area contributed by atoms with Gasteiger partial charge in [-0.25, -0.2) is 0 Å². The summed E-state index contributed by atoms with van der Waals surface area (Å²) >= 11 is 0. The molecule has 4 rings (SSSR count). The molecular weight excluding hydrogens is 428 g/mol. The third-order valence-corrected chi connectivity index (χ3v) is 5.10. The average Bonchev–Trinajstić information content (AvgIpc) is 2.73. The van der Waals surface area contributed by atoms with Gasteiger partial charge in [0.15, 0.2) is 17.3 Å². The van der Waals surface area contributed by atoms with Gasteiger partial charge in [0, 0.05) is 24.1 Å². The number of hydrogen-bond donors (Lipinski definition) is 7. The second kappa shape index (κ2) is 8.20. The molecule has 3 aromatic rings. The number of benzene rings is 2. The van der Waals surface area contributed by atoms with Gasteiger partial charge in [0.05, 0.1) is 12.7 Å². The van der Waals surface area contributed by atoms with E-state index in [1.165, 1.54) is 6.07 Å². The molecule has 11 nitrogen and oxygen atoms in total. The predicted molar refractivity (Wildman–Crippen MR) is 108 cm³/mol. The van der Waals surface area contributed by atoms with Crippen LogP contribution in [-0.4, -0.2) is 67.0 Å². The molecule has 4 atom stereocenters. The molecule has 11 heteroatoms. The number of fused-ring (bicyclic) bond motifs is 1. The largest absolute Gasteiger partial charge is 0.508 e. The van der Waals surface area contributed by atoms with Crippen LogP contribution >= 0.6 is 0 Å². The average molecular weight is 448 g/mol. The van der Waals surface area contributed by atoms with Crippen LogP contribution in [0.5, 0.6) is 28.7 Å². The molecule has 0 amide bonds. The van der Waals surface area contributed by atoms with Gasteiger partial charge in [0.2, 0.25) is 17.5 Å². The quantitative estimate of drug-likeness (QED) is 0.275. The zero-order chi connectivity index (χ0) is 23.2. The van der Waals surface area contributed by atoms with Crippen molar-refractivity contribution in [3.05, 3.63) is 40.6 Å². The minimum atomic E-state index is -1.49. The summed E-state index contributed by atoms with van der Waals surface area (Å²) in [4.78, 5) is 13.2. The van der Waals surface area contributed by atoms with Crippen molar-refractivity contribution < 1.29 is 49.6 Å². The fourth-order valence-corrected chi connectivity index (χ4v) is 3.48. The minimum absolute atomic E-state index is 0.0844. The summed E-state index contributed by atoms with van der Waals surface area (Å²) in [5.74, 6) is -2.69. The van der Waals surface area contributed by atoms with Gasteiger partial charge in [-0.3, -0.25) is 4.79 Å². The summed E-state index contributed by atoms with van der Waals surface area (Å²) in [5.41, 5.74) is -0.994. The lowest BCUT2D eigenvalue weighted by Gasteiger charge is -2.36. The van der Waals surface area contributed by atoms with E-state index in [-0.39, 0.29) is 34.5 Å². The molecule has 1 saturated heterocycles. The van der Waals surface area contributed by atoms with E-state index in [9.17, 15) is 40.5 Å². The number of ether oxygens (including phenoxy) is 2. The number of aliphatic hydroxyl groups excluding tert-OH is 3. The van der Waals surface area contributed by atoms with E-state index < -0.39 is 59.6 Å². The molecule has 1 fully saturated rings. The number of hydrogen-bond acceptors (Lipinski definition) is 11. The molecule has 0 saturated carbocycles. The van der Waals surface area contributed by atoms with Crippen LogP contribution in [0.15, 0.2) is 39.5 Å². The Morgan fingerprint density at radius 3 is 2.41 bits per heavy atom. The highest BCUT2D eigenvalue weighted by molar-refractivity contribution is 5.88. The van der Waals surface area contributed by atoms with Crippen molar-refractivity contribution >= 4 is 11.0 Å². The molecule has 170 valence electrons. The topological polar surface area (TPSA) is 190 Å². The zero-order valence-electron chi connectivity index (χ0n) is 16.4. The van der Waals surface area contributed by atoms with Crippen molar-refractivity contribution in [2.24, 2.45) is 0 Å². The Balaban J connectivity index is 1.90. The van der Waals surface area contributed by atoms with Crippen LogP contribution in [0.3, 0.4) is 0 Å². The molecule has 0 unspecified atom stereocenters. The van der Waals surface area contributed by atoms with E-state index in [1.54, 1.807) is 0 Å². The summed E-state index contributed by atoms with van der Waals surface area (Å²) in [5, 5.41) is 68.6. The van der Waals surface area contributed by atoms with Gasteiger partial charge in [-0.2, -0.15) is 0 Å². The Morgan fingerprint density at radius 2 is 1.72 bits per heavy atom. The maximum atomic E-state index is 13.2. The molecule has 0 radical (unpaired) electrons. The molecule has 32 heavy (non-hydrogen) atoms. The smallest absolute Gasteiger partial charge is 0.239 e. The number of rotatable bonds is 4. The highest BCUT2D eigenvalue weighted by atomic mass is 16.7. The van der Waals surface area contributed by atoms with Gasteiger partial charge < -0.3 is 49.6 Å². The van der Waals surface area contributed by atoms with Crippen LogP contribution in [0.25, 0.3) is 22.3 Å². The predicted octanol–water partition coefficient (Wildman–Crippen LogP) is 0.490. The number of phenols is 4. The molecule has 0 spiro atoms. The Labute approximate surface area is 179 Å². The van der Waals surface area contributed by atoms with Gasteiger partial charge in [-0.15, -0.1) is 0 Å². The lowest BCUT2D eigenvalue weighted by molar-refractivity contribution is -0.240. The summed E-state index contributed by atoms with van der Waals surface area (Å²) in [6.07, 6.45) is -5.31. The molecule has 0 aliphatic carbocycles. The van der Waals surface area contributed by atoms with Crippen molar-refractivity contribution in [3.63, 3.8) is 0 Å². The highest BCUT2D eigenvalue weighted by Crippen LogP contribution is 2.39. The number of phenolic OH excluding ortho intramolecular Hbond substituents is 4. The van der Waals surface area contributed by atoms with Crippen LogP contribution in [-0.2, 0) is 4.74 Å². The van der Waals surface area contributed by atoms with Crippen molar-refractivity contribution in [1.29, 1.82) is 0 Å². The minimum Gasteiger partial charge on any atom is -0.508 e. The zero-order valence-corrected chi connectivity index (χ0v) is 16.4. The van der Waals surface area contributed by atoms with Gasteiger partial charge in [-0.1, -0.05) is 0 Å². The van der Waals surface area contributed by atoms with E-state index in [1.807, 2.05) is 0 Å². The third-order valence-electron chi connectivity index (χ3n) is 5.10. The summed E-state index contributed by atoms with van der Waals surface area (Å²) < 4.78 is 16.7. The first-order valence-electron chi connectivity index (χ1n) is 9.53. The van der Waals surface area contributed by atoms with Crippen LogP contribution in [0.4, 0.5) is 0 Å². The van der Waals surface area contributed by atoms with Gasteiger partial charge in [0.25, 0.3) is 0 Å². The second-order valence-electron chi connectivity index (χ2n) is 7.34. The fraction of sp³-hybridized carbons (Fsp3) is 0.286. The van der Waals surface area contributed by atoms with Gasteiger partial charge >= 0.3 is 0 Å². The molecule has 2 heterocycles. The van der Waals surface area contributed by atoms with Crippen molar-refractivity contribution in [1.82, 2.24) is 0 Å². The number of aliphatic hydroxyl groups is 3. The molecule has 1 aromatic heterocycles. The number of aromatic hydroxyl groups is 4. The summed E-state index contributed by atoms with van der Waals surface area (Å²) in [6.45, 7) is -0.571. The Kier molecular flexibility index (Phi) is 5.57. The first-order valence-corrected chi connectivity index (χ1v) is 9.53. The molecule has 0 bridgehead atoms. The normalized spacial score (nSPS) is 23.3. The lowest BCUT2D eigenvalue weighted by Crippen LogP contribution is -2.51. The van der Waals surface area contributed by atoms with E-state index in [0.717, 1.165) is 24.3 Å². The molecule has 2 aromatic carbocycles. The van der Waals surface area contributed by atoms with Crippen LogP contribution in [0.2, 0.25) is 0 Å². The standard InChI is InChI=1S/C21H20O11/c22-7-16-12(26)6-14(28)21(31-16)32-20-18(29)17-13(27)4-9(23)5-15(17)30-19(20)8-1-2-10(24)11(25)3-8/h1-5,12,14,16,21-28H,6-7H2/t12-,14+,16+,21-/m1/s1. The SMILES string of the molecule is O=c1c(O[C@H]2O[C@@H](CO)[C@H](O)C[C@@H]2O)c(-c2ccc(O)c(O)c2)oc2cc(O)cc(O)c12. The lowest BCUT2D eigenvalue weighted by atomic mass is 10.0. The maximum Gasteiger partial charge on any atom is 0.239 e. The first-order chi connectivity index (χ1) is 15.2. The Hall–Kier alpha value is -3.51. The van der Waals surface area contributed by atoms with Crippen molar-refractivity contribution in [2.75, 3.05) is 6.61 Å². The van der Waals surface area contributed by atoms with E-state index in [2.05, 4.69) is 0 Å². The van der Waals surface area contributed by atoms with E-state index >= 15 is 0 Å². The first kappa shape index (κ1) is 21.7. The van der Waals surface area contributed by atoms with Gasteiger partial charge in [0.1, 0.15) is 34.7 Å². The summed E-state index contributed by atoms with van der Waals surface area (Å²) in [6, 6.07) is 5.57. The highest BCUT2D eigenvalue weighted by Gasteiger charge is 2.38. The van der Waals surface area contributed by atoms with E-state index in [4.69, 9.17) is 13.9 Å². The maximum absolute atomic E-state index is 13.2. The van der Waals surface area contributed by atoms with Gasteiger partial charge in [-0.05, 0) is 18.2 Å². The monoisotopic (exact) mass is 448 g/mol. The van der Waals surface area contributed by atoms with Crippen LogP contribution in [0.1, 0.15) is 6.42 Å².